The van der Waals surface area contributed by atoms with Gasteiger partial charge in [-0.2, -0.15) is 0 Å². The number of amides is 1. The molecular weight excluding hydrogens is 228 g/mol. The van der Waals surface area contributed by atoms with Crippen LogP contribution in [0.15, 0.2) is 0 Å². The Kier molecular flexibility index (Phi) is 5.60. The summed E-state index contributed by atoms with van der Waals surface area (Å²) in [5.74, 6) is 0.637. The van der Waals surface area contributed by atoms with Gasteiger partial charge in [0.15, 0.2) is 0 Å². The summed E-state index contributed by atoms with van der Waals surface area (Å²) >= 11 is 0. The summed E-state index contributed by atoms with van der Waals surface area (Å²) in [6.07, 6.45) is 4.56. The molecule has 2 N–H and O–H groups in total. The average molecular weight is 256 g/mol. The van der Waals surface area contributed by atoms with Crippen molar-refractivity contribution in [2.75, 3.05) is 20.7 Å². The predicted octanol–water partition coefficient (Wildman–Crippen LogP) is 1.78. The molecule has 1 aliphatic carbocycles. The smallest absolute Gasteiger partial charge is 0.225 e. The van der Waals surface area contributed by atoms with Gasteiger partial charge in [-0.3, -0.25) is 4.79 Å². The number of carbonyl (C=O) groups is 1. The van der Waals surface area contributed by atoms with Gasteiger partial charge in [0.1, 0.15) is 0 Å². The summed E-state index contributed by atoms with van der Waals surface area (Å²) in [6, 6.07) is 0.167. The second kappa shape index (κ2) is 6.53. The van der Waals surface area contributed by atoms with Gasteiger partial charge >= 0.3 is 0 Å². The molecule has 0 heterocycles. The highest BCUT2D eigenvalue weighted by Gasteiger charge is 2.39. The second-order valence-electron chi connectivity index (χ2n) is 5.93. The SMILES string of the molecule is COC1(CC(=O)N(C)CCC(N)C(C)C)CCC1. The third kappa shape index (κ3) is 3.95. The molecule has 0 radical (unpaired) electrons. The van der Waals surface area contributed by atoms with Gasteiger partial charge in [-0.15, -0.1) is 0 Å². The standard InChI is InChI=1S/C14H28N2O2/c1-11(2)12(15)6-9-16(3)13(17)10-14(18-4)7-5-8-14/h11-12H,5-10,15H2,1-4H3. The van der Waals surface area contributed by atoms with Crippen molar-refractivity contribution in [3.63, 3.8) is 0 Å². The van der Waals surface area contributed by atoms with E-state index in [0.717, 1.165) is 25.8 Å². The third-order valence-corrected chi connectivity index (χ3v) is 4.25. The molecule has 1 rings (SSSR count). The number of hydrogen-bond donors (Lipinski definition) is 1. The molecule has 1 amide bonds. The van der Waals surface area contributed by atoms with Crippen LogP contribution in [-0.4, -0.2) is 43.2 Å². The van der Waals surface area contributed by atoms with Gasteiger partial charge < -0.3 is 15.4 Å². The zero-order valence-corrected chi connectivity index (χ0v) is 12.2. The van der Waals surface area contributed by atoms with Gasteiger partial charge in [0.2, 0.25) is 5.91 Å². The largest absolute Gasteiger partial charge is 0.378 e. The van der Waals surface area contributed by atoms with Crippen molar-refractivity contribution in [3.8, 4) is 0 Å². The molecule has 106 valence electrons. The zero-order chi connectivity index (χ0) is 13.8. The van der Waals surface area contributed by atoms with Crippen molar-refractivity contribution in [1.29, 1.82) is 0 Å². The van der Waals surface area contributed by atoms with E-state index in [2.05, 4.69) is 13.8 Å². The van der Waals surface area contributed by atoms with Crippen molar-refractivity contribution in [1.82, 2.24) is 4.90 Å². The van der Waals surface area contributed by atoms with Crippen molar-refractivity contribution in [2.45, 2.75) is 57.6 Å². The molecule has 1 atom stereocenters. The average Bonchev–Trinajstić information content (AvgIpc) is 2.29. The van der Waals surface area contributed by atoms with Crippen molar-refractivity contribution in [2.24, 2.45) is 11.7 Å². The van der Waals surface area contributed by atoms with E-state index < -0.39 is 0 Å². The molecule has 0 saturated heterocycles. The zero-order valence-electron chi connectivity index (χ0n) is 12.2. The monoisotopic (exact) mass is 256 g/mol. The lowest BCUT2D eigenvalue weighted by atomic mass is 9.77. The number of methoxy groups -OCH3 is 1. The molecule has 0 aromatic rings. The molecular formula is C14H28N2O2. The molecule has 0 spiro atoms. The highest BCUT2D eigenvalue weighted by molar-refractivity contribution is 5.77. The number of nitrogens with two attached hydrogens (primary N) is 1. The Morgan fingerprint density at radius 3 is 2.44 bits per heavy atom. The van der Waals surface area contributed by atoms with Gasteiger partial charge in [-0.25, -0.2) is 0 Å². The van der Waals surface area contributed by atoms with Crippen LogP contribution in [0.3, 0.4) is 0 Å². The van der Waals surface area contributed by atoms with E-state index in [-0.39, 0.29) is 17.6 Å². The van der Waals surface area contributed by atoms with Gasteiger partial charge in [0.25, 0.3) is 0 Å². The minimum absolute atomic E-state index is 0.167. The minimum atomic E-state index is -0.175. The first-order valence-electron chi connectivity index (χ1n) is 6.95. The van der Waals surface area contributed by atoms with Crippen LogP contribution in [0.4, 0.5) is 0 Å². The van der Waals surface area contributed by atoms with Crippen molar-refractivity contribution >= 4 is 5.91 Å². The van der Waals surface area contributed by atoms with Crippen molar-refractivity contribution < 1.29 is 9.53 Å². The number of hydrogen-bond acceptors (Lipinski definition) is 3. The van der Waals surface area contributed by atoms with Gasteiger partial charge in [0.05, 0.1) is 12.0 Å². The van der Waals surface area contributed by atoms with E-state index in [1.807, 2.05) is 7.05 Å². The summed E-state index contributed by atoms with van der Waals surface area (Å²) in [4.78, 5) is 13.9. The van der Waals surface area contributed by atoms with E-state index in [9.17, 15) is 4.79 Å². The topological polar surface area (TPSA) is 55.6 Å². The molecule has 4 heteroatoms. The number of ether oxygens (including phenoxy) is 1. The quantitative estimate of drug-likeness (QED) is 0.755. The summed E-state index contributed by atoms with van der Waals surface area (Å²) in [6.45, 7) is 4.96. The molecule has 0 aromatic carbocycles. The van der Waals surface area contributed by atoms with E-state index in [1.165, 1.54) is 6.42 Å². The first-order chi connectivity index (χ1) is 8.40. The molecule has 1 saturated carbocycles. The van der Waals surface area contributed by atoms with Crippen LogP contribution < -0.4 is 5.73 Å². The summed E-state index contributed by atoms with van der Waals surface area (Å²) in [5, 5.41) is 0. The third-order valence-electron chi connectivity index (χ3n) is 4.25. The maximum absolute atomic E-state index is 12.1. The predicted molar refractivity (Wildman–Crippen MR) is 73.3 cm³/mol. The van der Waals surface area contributed by atoms with Crippen LogP contribution in [0.25, 0.3) is 0 Å². The molecule has 1 fully saturated rings. The number of nitrogens with zero attached hydrogens (tertiary/aromatic N) is 1. The van der Waals surface area contributed by atoms with Crippen LogP contribution in [0, 0.1) is 5.92 Å². The van der Waals surface area contributed by atoms with Gasteiger partial charge in [-0.05, 0) is 31.6 Å². The summed E-state index contributed by atoms with van der Waals surface area (Å²) in [7, 11) is 3.57. The maximum atomic E-state index is 12.1. The van der Waals surface area contributed by atoms with Crippen LogP contribution in [-0.2, 0) is 9.53 Å². The Morgan fingerprint density at radius 2 is 2.06 bits per heavy atom. The fraction of sp³-hybridized carbons (Fsp3) is 0.929. The minimum Gasteiger partial charge on any atom is -0.378 e. The highest BCUT2D eigenvalue weighted by atomic mass is 16.5. The Bertz CT molecular complexity index is 269. The Labute approximate surface area is 111 Å². The summed E-state index contributed by atoms with van der Waals surface area (Å²) < 4.78 is 5.49. The molecule has 1 unspecified atom stereocenters. The van der Waals surface area contributed by atoms with Crippen LogP contribution in [0.5, 0.6) is 0 Å². The van der Waals surface area contributed by atoms with Gasteiger partial charge in [-0.1, -0.05) is 13.8 Å². The fourth-order valence-electron chi connectivity index (χ4n) is 2.24. The lowest BCUT2D eigenvalue weighted by molar-refractivity contribution is -0.143. The Morgan fingerprint density at radius 1 is 1.44 bits per heavy atom. The molecule has 1 aliphatic rings. The number of carbonyl (C=O) groups excluding carboxylic acids is 1. The van der Waals surface area contributed by atoms with Crippen LogP contribution in [0.1, 0.15) is 46.0 Å². The molecule has 4 nitrogen and oxygen atoms in total. The van der Waals surface area contributed by atoms with E-state index in [4.69, 9.17) is 10.5 Å². The molecule has 0 aromatic heterocycles. The Balaban J connectivity index is 2.33. The first kappa shape index (κ1) is 15.4. The molecule has 0 aliphatic heterocycles. The number of rotatable bonds is 7. The first-order valence-corrected chi connectivity index (χ1v) is 6.95. The van der Waals surface area contributed by atoms with Gasteiger partial charge in [0, 0.05) is 26.7 Å². The summed E-state index contributed by atoms with van der Waals surface area (Å²) in [5.41, 5.74) is 5.82. The lowest BCUT2D eigenvalue weighted by Gasteiger charge is -2.40. The van der Waals surface area contributed by atoms with Crippen LogP contribution >= 0.6 is 0 Å². The highest BCUT2D eigenvalue weighted by Crippen LogP contribution is 2.38. The Hall–Kier alpha value is -0.610. The maximum Gasteiger partial charge on any atom is 0.225 e. The lowest BCUT2D eigenvalue weighted by Crippen LogP contribution is -2.45. The fourth-order valence-corrected chi connectivity index (χ4v) is 2.24. The van der Waals surface area contributed by atoms with Crippen LogP contribution in [0.2, 0.25) is 0 Å². The molecule has 18 heavy (non-hydrogen) atoms. The van der Waals surface area contributed by atoms with Crippen molar-refractivity contribution in [3.05, 3.63) is 0 Å². The normalized spacial score (nSPS) is 19.4. The van der Waals surface area contributed by atoms with E-state index in [1.54, 1.807) is 12.0 Å². The second-order valence-corrected chi connectivity index (χ2v) is 5.93. The molecule has 0 bridgehead atoms. The van der Waals surface area contributed by atoms with E-state index in [0.29, 0.717) is 12.3 Å². The van der Waals surface area contributed by atoms with E-state index >= 15 is 0 Å².